The summed E-state index contributed by atoms with van der Waals surface area (Å²) in [5, 5.41) is 0. The van der Waals surface area contributed by atoms with Gasteiger partial charge in [-0.2, -0.15) is 0 Å². The van der Waals surface area contributed by atoms with Crippen molar-refractivity contribution in [3.63, 3.8) is 0 Å². The number of rotatable bonds is 8. The van der Waals surface area contributed by atoms with Gasteiger partial charge in [-0.15, -0.1) is 0 Å². The Hall–Kier alpha value is -2.25. The molecule has 0 radical (unpaired) electrons. The maximum atomic E-state index is 12.5. The summed E-state index contributed by atoms with van der Waals surface area (Å²) in [6.45, 7) is 4.10. The molecule has 0 atom stereocenters. The lowest BCUT2D eigenvalue weighted by atomic mass is 10.1. The van der Waals surface area contributed by atoms with Gasteiger partial charge in [-0.3, -0.25) is 0 Å². The number of benzene rings is 2. The third-order valence-electron chi connectivity index (χ3n) is 4.22. The molecule has 2 aromatic carbocycles. The number of nitrogens with one attached hydrogen (secondary N) is 1. The summed E-state index contributed by atoms with van der Waals surface area (Å²) in [7, 11) is 1.08. The predicted octanol–water partition coefficient (Wildman–Crippen LogP) is 2.85. The van der Waals surface area contributed by atoms with E-state index >= 15 is 0 Å². The van der Waals surface area contributed by atoms with E-state index in [0.29, 0.717) is 23.7 Å². The highest BCUT2D eigenvalue weighted by Crippen LogP contribution is 2.38. The smallest absolute Gasteiger partial charge is 0.240 e. The van der Waals surface area contributed by atoms with Crippen LogP contribution in [0.5, 0.6) is 17.2 Å². The van der Waals surface area contributed by atoms with Crippen LogP contribution in [-0.2, 0) is 16.4 Å². The molecule has 0 amide bonds. The molecule has 0 saturated heterocycles. The number of methoxy groups -OCH3 is 3. The Bertz CT molecular complexity index is 852. The highest BCUT2D eigenvalue weighted by atomic mass is 32.2. The van der Waals surface area contributed by atoms with Crippen molar-refractivity contribution >= 4 is 10.0 Å². The van der Waals surface area contributed by atoms with E-state index in [0.717, 1.165) is 16.7 Å². The first-order valence-electron chi connectivity index (χ1n) is 8.18. The first kappa shape index (κ1) is 20.1. The zero-order chi connectivity index (χ0) is 19.3. The van der Waals surface area contributed by atoms with Gasteiger partial charge >= 0.3 is 0 Å². The maximum absolute atomic E-state index is 12.5. The minimum absolute atomic E-state index is 0.258. The molecule has 0 heterocycles. The molecule has 0 spiro atoms. The topological polar surface area (TPSA) is 73.9 Å². The van der Waals surface area contributed by atoms with Crippen molar-refractivity contribution in [2.45, 2.75) is 25.2 Å². The van der Waals surface area contributed by atoms with Crippen LogP contribution < -0.4 is 18.9 Å². The van der Waals surface area contributed by atoms with Gasteiger partial charge in [0.05, 0.1) is 26.2 Å². The Morgan fingerprint density at radius 3 is 2.00 bits per heavy atom. The molecule has 1 N–H and O–H groups in total. The number of hydrogen-bond acceptors (Lipinski definition) is 5. The largest absolute Gasteiger partial charge is 0.493 e. The van der Waals surface area contributed by atoms with Gasteiger partial charge in [0.2, 0.25) is 15.8 Å². The van der Waals surface area contributed by atoms with Crippen molar-refractivity contribution < 1.29 is 22.6 Å². The second-order valence-electron chi connectivity index (χ2n) is 5.93. The molecule has 0 unspecified atom stereocenters. The van der Waals surface area contributed by atoms with Gasteiger partial charge in [0.15, 0.2) is 11.5 Å². The summed E-state index contributed by atoms with van der Waals surface area (Å²) in [6, 6.07) is 8.72. The molecule has 26 heavy (non-hydrogen) atoms. The van der Waals surface area contributed by atoms with Crippen LogP contribution in [0.3, 0.4) is 0 Å². The molecule has 0 bridgehead atoms. The minimum Gasteiger partial charge on any atom is -0.493 e. The van der Waals surface area contributed by atoms with Crippen molar-refractivity contribution in [3.8, 4) is 17.2 Å². The molecular formula is C19H25NO5S. The SMILES string of the molecule is COc1cc(CCNS(=O)(=O)c2ccc(C)c(C)c2)cc(OC)c1OC. The van der Waals surface area contributed by atoms with E-state index in [1.54, 1.807) is 26.4 Å². The van der Waals surface area contributed by atoms with Crippen LogP contribution in [0.1, 0.15) is 16.7 Å². The first-order chi connectivity index (χ1) is 12.3. The minimum atomic E-state index is -3.55. The average Bonchev–Trinajstić information content (AvgIpc) is 2.62. The summed E-state index contributed by atoms with van der Waals surface area (Å²) in [5.41, 5.74) is 2.88. The van der Waals surface area contributed by atoms with E-state index in [-0.39, 0.29) is 11.4 Å². The maximum Gasteiger partial charge on any atom is 0.240 e. The fourth-order valence-electron chi connectivity index (χ4n) is 2.57. The number of aryl methyl sites for hydroxylation is 2. The monoisotopic (exact) mass is 379 g/mol. The van der Waals surface area contributed by atoms with E-state index in [1.165, 1.54) is 7.11 Å². The Labute approximate surface area is 155 Å². The third-order valence-corrected chi connectivity index (χ3v) is 5.68. The summed E-state index contributed by atoms with van der Waals surface area (Å²) >= 11 is 0. The van der Waals surface area contributed by atoms with Crippen LogP contribution in [0.4, 0.5) is 0 Å². The fourth-order valence-corrected chi connectivity index (χ4v) is 3.69. The van der Waals surface area contributed by atoms with E-state index in [1.807, 2.05) is 32.0 Å². The summed E-state index contributed by atoms with van der Waals surface area (Å²) in [5.74, 6) is 1.59. The quantitative estimate of drug-likeness (QED) is 0.763. The molecule has 0 aliphatic heterocycles. The van der Waals surface area contributed by atoms with E-state index < -0.39 is 10.0 Å². The van der Waals surface area contributed by atoms with E-state index in [2.05, 4.69) is 4.72 Å². The van der Waals surface area contributed by atoms with E-state index in [4.69, 9.17) is 14.2 Å². The van der Waals surface area contributed by atoms with Crippen LogP contribution in [0, 0.1) is 13.8 Å². The highest BCUT2D eigenvalue weighted by Gasteiger charge is 2.16. The predicted molar refractivity (Wildman–Crippen MR) is 101 cm³/mol. The summed E-state index contributed by atoms with van der Waals surface area (Å²) < 4.78 is 43.5. The average molecular weight is 379 g/mol. The van der Waals surface area contributed by atoms with Gasteiger partial charge in [-0.25, -0.2) is 13.1 Å². The van der Waals surface area contributed by atoms with Crippen LogP contribution in [0.25, 0.3) is 0 Å². The molecular weight excluding hydrogens is 354 g/mol. The molecule has 7 heteroatoms. The Balaban J connectivity index is 2.12. The Morgan fingerprint density at radius 1 is 0.885 bits per heavy atom. The Morgan fingerprint density at radius 2 is 1.50 bits per heavy atom. The van der Waals surface area contributed by atoms with Gasteiger partial charge in [0.25, 0.3) is 0 Å². The van der Waals surface area contributed by atoms with Crippen molar-refractivity contribution in [3.05, 3.63) is 47.0 Å². The van der Waals surface area contributed by atoms with Crippen LogP contribution >= 0.6 is 0 Å². The molecule has 0 saturated carbocycles. The third kappa shape index (κ3) is 4.47. The first-order valence-corrected chi connectivity index (χ1v) is 9.66. The van der Waals surface area contributed by atoms with Crippen LogP contribution in [-0.4, -0.2) is 36.3 Å². The van der Waals surface area contributed by atoms with Crippen molar-refractivity contribution in [1.29, 1.82) is 0 Å². The van der Waals surface area contributed by atoms with Crippen LogP contribution in [0.15, 0.2) is 35.2 Å². The Kier molecular flexibility index (Phi) is 6.50. The molecule has 6 nitrogen and oxygen atoms in total. The molecule has 142 valence electrons. The highest BCUT2D eigenvalue weighted by molar-refractivity contribution is 7.89. The molecule has 0 fully saturated rings. The summed E-state index contributed by atoms with van der Waals surface area (Å²) in [6.07, 6.45) is 0.487. The van der Waals surface area contributed by atoms with Gasteiger partial charge in [-0.1, -0.05) is 6.07 Å². The molecule has 0 aliphatic carbocycles. The van der Waals surface area contributed by atoms with Crippen molar-refractivity contribution in [1.82, 2.24) is 4.72 Å². The lowest BCUT2D eigenvalue weighted by Gasteiger charge is -2.14. The molecule has 0 aromatic heterocycles. The second-order valence-corrected chi connectivity index (χ2v) is 7.69. The molecule has 0 aliphatic rings. The zero-order valence-corrected chi connectivity index (χ0v) is 16.6. The van der Waals surface area contributed by atoms with Gasteiger partial charge in [0.1, 0.15) is 0 Å². The molecule has 2 aromatic rings. The van der Waals surface area contributed by atoms with Gasteiger partial charge in [-0.05, 0) is 61.2 Å². The standard InChI is InChI=1S/C19H25NO5S/c1-13-6-7-16(10-14(13)2)26(21,22)20-9-8-15-11-17(23-3)19(25-5)18(12-15)24-4/h6-7,10-12,20H,8-9H2,1-5H3. The normalized spacial score (nSPS) is 11.3. The molecule has 2 rings (SSSR count). The lowest BCUT2D eigenvalue weighted by Crippen LogP contribution is -2.26. The van der Waals surface area contributed by atoms with Crippen molar-refractivity contribution in [2.75, 3.05) is 27.9 Å². The van der Waals surface area contributed by atoms with Crippen LogP contribution in [0.2, 0.25) is 0 Å². The number of ether oxygens (including phenoxy) is 3. The van der Waals surface area contributed by atoms with E-state index in [9.17, 15) is 8.42 Å². The van der Waals surface area contributed by atoms with Gasteiger partial charge in [0, 0.05) is 6.54 Å². The second kappa shape index (κ2) is 8.42. The number of hydrogen-bond donors (Lipinski definition) is 1. The summed E-state index contributed by atoms with van der Waals surface area (Å²) in [4.78, 5) is 0.269. The van der Waals surface area contributed by atoms with Crippen molar-refractivity contribution in [2.24, 2.45) is 0 Å². The fraction of sp³-hybridized carbons (Fsp3) is 0.368. The lowest BCUT2D eigenvalue weighted by molar-refractivity contribution is 0.324. The zero-order valence-electron chi connectivity index (χ0n) is 15.8. The van der Waals surface area contributed by atoms with Gasteiger partial charge < -0.3 is 14.2 Å². The number of sulfonamides is 1.